The molecule has 0 spiro atoms. The van der Waals surface area contributed by atoms with E-state index in [1.165, 1.54) is 38.5 Å². The van der Waals surface area contributed by atoms with Gasteiger partial charge >= 0.3 is 0 Å². The van der Waals surface area contributed by atoms with Gasteiger partial charge in [0.15, 0.2) is 0 Å². The van der Waals surface area contributed by atoms with E-state index in [4.69, 9.17) is 0 Å². The van der Waals surface area contributed by atoms with Crippen molar-refractivity contribution in [1.82, 2.24) is 0 Å². The average Bonchev–Trinajstić information content (AvgIpc) is 2.29. The Balaban J connectivity index is 2.52. The summed E-state index contributed by atoms with van der Waals surface area (Å²) in [6, 6.07) is 0. The molecular weight excluding hydrogens is 192 g/mol. The van der Waals surface area contributed by atoms with E-state index in [-0.39, 0.29) is 0 Å². The van der Waals surface area contributed by atoms with Crippen LogP contribution in [0.4, 0.5) is 0 Å². The monoisotopic (exact) mass is 224 g/mol. The highest BCUT2D eigenvalue weighted by Gasteiger charge is 2.36. The van der Waals surface area contributed by atoms with E-state index in [2.05, 4.69) is 41.5 Å². The second-order valence-electron chi connectivity index (χ2n) is 7.23. The van der Waals surface area contributed by atoms with Crippen molar-refractivity contribution in [3.8, 4) is 0 Å². The van der Waals surface area contributed by atoms with Crippen molar-refractivity contribution < 1.29 is 0 Å². The van der Waals surface area contributed by atoms with E-state index in [1.54, 1.807) is 0 Å². The minimum Gasteiger partial charge on any atom is -0.0649 e. The SMILES string of the molecule is CCC(C)(C)C1CCC(C(C)(C)CC)CC1. The van der Waals surface area contributed by atoms with Crippen molar-refractivity contribution >= 4 is 0 Å². The van der Waals surface area contributed by atoms with Crippen LogP contribution in [0.2, 0.25) is 0 Å². The maximum atomic E-state index is 2.46. The summed E-state index contributed by atoms with van der Waals surface area (Å²) in [5.74, 6) is 1.95. The summed E-state index contributed by atoms with van der Waals surface area (Å²) in [5, 5.41) is 0. The Morgan fingerprint density at radius 1 is 0.688 bits per heavy atom. The first-order valence-electron chi connectivity index (χ1n) is 7.33. The molecule has 0 heterocycles. The molecule has 1 fully saturated rings. The molecule has 0 aliphatic heterocycles. The Morgan fingerprint density at radius 2 is 0.938 bits per heavy atom. The van der Waals surface area contributed by atoms with Crippen molar-refractivity contribution in [3.05, 3.63) is 0 Å². The van der Waals surface area contributed by atoms with Gasteiger partial charge in [0.05, 0.1) is 0 Å². The van der Waals surface area contributed by atoms with Crippen LogP contribution in [-0.4, -0.2) is 0 Å². The van der Waals surface area contributed by atoms with Crippen LogP contribution < -0.4 is 0 Å². The quantitative estimate of drug-likeness (QED) is 0.577. The van der Waals surface area contributed by atoms with Gasteiger partial charge in [-0.25, -0.2) is 0 Å². The summed E-state index contributed by atoms with van der Waals surface area (Å²) in [6.07, 6.45) is 8.53. The van der Waals surface area contributed by atoms with Gasteiger partial charge in [-0.3, -0.25) is 0 Å². The molecule has 0 aromatic rings. The standard InChI is InChI=1S/C16H32/c1-7-15(3,4)13-9-11-14(12-10-13)16(5,6)8-2/h13-14H,7-12H2,1-6H3. The van der Waals surface area contributed by atoms with Crippen LogP contribution >= 0.6 is 0 Å². The smallest absolute Gasteiger partial charge is 0.0329 e. The van der Waals surface area contributed by atoms with E-state index in [0.717, 1.165) is 11.8 Å². The predicted molar refractivity (Wildman–Crippen MR) is 73.6 cm³/mol. The summed E-state index contributed by atoms with van der Waals surface area (Å²) in [6.45, 7) is 14.5. The first-order chi connectivity index (χ1) is 7.33. The number of rotatable bonds is 4. The van der Waals surface area contributed by atoms with E-state index < -0.39 is 0 Å². The molecule has 1 aliphatic rings. The predicted octanol–water partition coefficient (Wildman–Crippen LogP) is 5.67. The Morgan fingerprint density at radius 3 is 1.12 bits per heavy atom. The van der Waals surface area contributed by atoms with Crippen LogP contribution in [0.5, 0.6) is 0 Å². The van der Waals surface area contributed by atoms with E-state index in [0.29, 0.717) is 10.8 Å². The van der Waals surface area contributed by atoms with Crippen molar-refractivity contribution in [3.63, 3.8) is 0 Å². The van der Waals surface area contributed by atoms with Crippen LogP contribution in [0.25, 0.3) is 0 Å². The van der Waals surface area contributed by atoms with E-state index in [9.17, 15) is 0 Å². The first kappa shape index (κ1) is 14.1. The Hall–Kier alpha value is 0. The largest absolute Gasteiger partial charge is 0.0649 e. The molecule has 0 radical (unpaired) electrons. The lowest BCUT2D eigenvalue weighted by molar-refractivity contribution is 0.0748. The second-order valence-corrected chi connectivity index (χ2v) is 7.23. The average molecular weight is 224 g/mol. The van der Waals surface area contributed by atoms with Crippen LogP contribution in [0.3, 0.4) is 0 Å². The third-order valence-corrected chi connectivity index (χ3v) is 5.76. The lowest BCUT2D eigenvalue weighted by atomic mass is 9.62. The summed E-state index contributed by atoms with van der Waals surface area (Å²) in [4.78, 5) is 0. The van der Waals surface area contributed by atoms with Crippen LogP contribution in [0.15, 0.2) is 0 Å². The molecule has 1 rings (SSSR count). The molecule has 0 atom stereocenters. The molecule has 0 aromatic heterocycles. The minimum absolute atomic E-state index is 0.571. The Bertz CT molecular complexity index is 180. The molecule has 0 amide bonds. The molecule has 0 unspecified atom stereocenters. The van der Waals surface area contributed by atoms with Gasteiger partial charge in [-0.2, -0.15) is 0 Å². The fourth-order valence-corrected chi connectivity index (χ4v) is 3.23. The maximum Gasteiger partial charge on any atom is -0.0329 e. The highest BCUT2D eigenvalue weighted by atomic mass is 14.4. The van der Waals surface area contributed by atoms with Gasteiger partial charge in [-0.15, -0.1) is 0 Å². The van der Waals surface area contributed by atoms with Gasteiger partial charge in [0.2, 0.25) is 0 Å². The highest BCUT2D eigenvalue weighted by Crippen LogP contribution is 2.47. The molecule has 96 valence electrons. The van der Waals surface area contributed by atoms with Gasteiger partial charge in [-0.1, -0.05) is 54.4 Å². The van der Waals surface area contributed by atoms with Crippen molar-refractivity contribution in [2.45, 2.75) is 80.1 Å². The highest BCUT2D eigenvalue weighted by molar-refractivity contribution is 4.87. The zero-order chi connectivity index (χ0) is 12.4. The van der Waals surface area contributed by atoms with Gasteiger partial charge in [0, 0.05) is 0 Å². The minimum atomic E-state index is 0.571. The molecule has 0 N–H and O–H groups in total. The first-order valence-corrected chi connectivity index (χ1v) is 7.33. The lowest BCUT2D eigenvalue weighted by Gasteiger charge is -2.43. The van der Waals surface area contributed by atoms with Gasteiger partial charge in [0.25, 0.3) is 0 Å². The van der Waals surface area contributed by atoms with Crippen LogP contribution in [-0.2, 0) is 0 Å². The molecular formula is C16H32. The molecule has 16 heavy (non-hydrogen) atoms. The lowest BCUT2D eigenvalue weighted by Crippen LogP contribution is -2.33. The number of hydrogen-bond donors (Lipinski definition) is 0. The van der Waals surface area contributed by atoms with Gasteiger partial charge < -0.3 is 0 Å². The maximum absolute atomic E-state index is 2.46. The summed E-state index contributed by atoms with van der Waals surface area (Å²) in [5.41, 5.74) is 1.14. The molecule has 1 aliphatic carbocycles. The molecule has 0 nitrogen and oxygen atoms in total. The van der Waals surface area contributed by atoms with Gasteiger partial charge in [0.1, 0.15) is 0 Å². The zero-order valence-corrected chi connectivity index (χ0v) is 12.4. The fraction of sp³-hybridized carbons (Fsp3) is 1.00. The van der Waals surface area contributed by atoms with Crippen molar-refractivity contribution in [2.24, 2.45) is 22.7 Å². The zero-order valence-electron chi connectivity index (χ0n) is 12.4. The number of hydrogen-bond acceptors (Lipinski definition) is 0. The van der Waals surface area contributed by atoms with Crippen molar-refractivity contribution in [2.75, 3.05) is 0 Å². The summed E-state index contributed by atoms with van der Waals surface area (Å²) < 4.78 is 0. The molecule has 0 bridgehead atoms. The second kappa shape index (κ2) is 5.10. The third-order valence-electron chi connectivity index (χ3n) is 5.76. The Kier molecular flexibility index (Phi) is 4.49. The molecule has 0 saturated heterocycles. The topological polar surface area (TPSA) is 0 Å². The normalized spacial score (nSPS) is 28.1. The molecule has 1 saturated carbocycles. The van der Waals surface area contributed by atoms with E-state index >= 15 is 0 Å². The summed E-state index contributed by atoms with van der Waals surface area (Å²) in [7, 11) is 0. The van der Waals surface area contributed by atoms with Crippen LogP contribution in [0, 0.1) is 22.7 Å². The van der Waals surface area contributed by atoms with Gasteiger partial charge in [-0.05, 0) is 48.3 Å². The molecule has 0 heteroatoms. The van der Waals surface area contributed by atoms with E-state index in [1.807, 2.05) is 0 Å². The van der Waals surface area contributed by atoms with Crippen molar-refractivity contribution in [1.29, 1.82) is 0 Å². The Labute approximate surface area is 103 Å². The summed E-state index contributed by atoms with van der Waals surface area (Å²) >= 11 is 0. The molecule has 0 aromatic carbocycles. The fourth-order valence-electron chi connectivity index (χ4n) is 3.23. The third kappa shape index (κ3) is 3.02. The van der Waals surface area contributed by atoms with Crippen LogP contribution in [0.1, 0.15) is 80.1 Å².